The second kappa shape index (κ2) is 4.17. The lowest BCUT2D eigenvalue weighted by atomic mass is 10.2. The van der Waals surface area contributed by atoms with Gasteiger partial charge in [0.1, 0.15) is 18.2 Å². The Morgan fingerprint density at radius 3 is 3.00 bits per heavy atom. The molecule has 0 bridgehead atoms. The molecule has 0 aliphatic carbocycles. The predicted molar refractivity (Wildman–Crippen MR) is 59.7 cm³/mol. The molecule has 1 aromatic heterocycles. The van der Waals surface area contributed by atoms with Crippen LogP contribution in [0.3, 0.4) is 0 Å². The number of carbonyl (C=O) groups is 2. The van der Waals surface area contributed by atoms with Gasteiger partial charge in [-0.25, -0.2) is 9.97 Å². The predicted octanol–water partition coefficient (Wildman–Crippen LogP) is 0.0904. The van der Waals surface area contributed by atoms with Gasteiger partial charge in [-0.3, -0.25) is 14.9 Å². The number of amides is 2. The molecule has 84 valence electrons. The van der Waals surface area contributed by atoms with E-state index in [1.807, 2.05) is 0 Å². The van der Waals surface area contributed by atoms with E-state index in [1.165, 1.54) is 6.33 Å². The maximum atomic E-state index is 11.5. The number of piperazine rings is 1. The van der Waals surface area contributed by atoms with Crippen LogP contribution in [0, 0.1) is 0 Å². The van der Waals surface area contributed by atoms with Crippen LogP contribution >= 0.6 is 15.9 Å². The first kappa shape index (κ1) is 11.0. The lowest BCUT2D eigenvalue weighted by molar-refractivity contribution is -0.132. The van der Waals surface area contributed by atoms with Crippen molar-refractivity contribution in [2.24, 2.45) is 0 Å². The van der Waals surface area contributed by atoms with Crippen molar-refractivity contribution >= 4 is 33.6 Å². The van der Waals surface area contributed by atoms with Crippen molar-refractivity contribution in [1.82, 2.24) is 15.3 Å². The fourth-order valence-electron chi connectivity index (χ4n) is 1.49. The van der Waals surface area contributed by atoms with Gasteiger partial charge in [-0.05, 0) is 22.9 Å². The quantitative estimate of drug-likeness (QED) is 0.740. The van der Waals surface area contributed by atoms with E-state index in [4.69, 9.17) is 0 Å². The maximum Gasteiger partial charge on any atom is 0.249 e. The third kappa shape index (κ3) is 1.90. The van der Waals surface area contributed by atoms with Gasteiger partial charge < -0.3 is 4.90 Å². The molecule has 6 nitrogen and oxygen atoms in total. The summed E-state index contributed by atoms with van der Waals surface area (Å²) in [5.41, 5.74) is 0. The molecule has 2 amide bonds. The largest absolute Gasteiger partial charge is 0.334 e. The van der Waals surface area contributed by atoms with Crippen molar-refractivity contribution in [3.05, 3.63) is 17.0 Å². The third-order valence-electron chi connectivity index (χ3n) is 2.34. The number of carbonyl (C=O) groups excluding carboxylic acids is 2. The van der Waals surface area contributed by atoms with E-state index >= 15 is 0 Å². The molecule has 1 aliphatic heterocycles. The van der Waals surface area contributed by atoms with Crippen molar-refractivity contribution in [3.8, 4) is 0 Å². The molecular formula is C9H9BrN4O2. The lowest BCUT2D eigenvalue weighted by Crippen LogP contribution is -2.57. The van der Waals surface area contributed by atoms with Crippen LogP contribution in [0.15, 0.2) is 17.0 Å². The Kier molecular flexibility index (Phi) is 2.86. The molecule has 1 atom stereocenters. The van der Waals surface area contributed by atoms with Gasteiger partial charge in [-0.1, -0.05) is 0 Å². The fourth-order valence-corrected chi connectivity index (χ4v) is 1.94. The third-order valence-corrected chi connectivity index (χ3v) is 2.90. The van der Waals surface area contributed by atoms with Crippen LogP contribution in [-0.4, -0.2) is 34.4 Å². The van der Waals surface area contributed by atoms with E-state index in [2.05, 4.69) is 31.2 Å². The van der Waals surface area contributed by atoms with Gasteiger partial charge in [-0.2, -0.15) is 0 Å². The summed E-state index contributed by atoms with van der Waals surface area (Å²) in [4.78, 5) is 32.3. The Balaban J connectivity index is 2.36. The lowest BCUT2D eigenvalue weighted by Gasteiger charge is -2.32. The SMILES string of the molecule is CC1C(=O)NC(=O)CN1c1ncncc1Br. The number of anilines is 1. The molecule has 1 aromatic rings. The molecule has 0 saturated carbocycles. The Hall–Kier alpha value is -1.50. The summed E-state index contributed by atoms with van der Waals surface area (Å²) in [6.07, 6.45) is 2.95. The number of hydrogen-bond donors (Lipinski definition) is 1. The first-order valence-electron chi connectivity index (χ1n) is 4.65. The number of halogens is 1. The van der Waals surface area contributed by atoms with E-state index in [0.29, 0.717) is 10.3 Å². The zero-order chi connectivity index (χ0) is 11.7. The van der Waals surface area contributed by atoms with Gasteiger partial charge in [0.05, 0.1) is 11.0 Å². The Morgan fingerprint density at radius 2 is 2.31 bits per heavy atom. The van der Waals surface area contributed by atoms with Crippen LogP contribution < -0.4 is 10.2 Å². The van der Waals surface area contributed by atoms with Crippen molar-refractivity contribution in [2.45, 2.75) is 13.0 Å². The maximum absolute atomic E-state index is 11.5. The highest BCUT2D eigenvalue weighted by Crippen LogP contribution is 2.24. The van der Waals surface area contributed by atoms with Crippen molar-refractivity contribution in [2.75, 3.05) is 11.4 Å². The fraction of sp³-hybridized carbons (Fsp3) is 0.333. The highest BCUT2D eigenvalue weighted by molar-refractivity contribution is 9.10. The van der Waals surface area contributed by atoms with Crippen LogP contribution in [0.5, 0.6) is 0 Å². The monoisotopic (exact) mass is 284 g/mol. The molecule has 7 heteroatoms. The highest BCUT2D eigenvalue weighted by Gasteiger charge is 2.31. The van der Waals surface area contributed by atoms with Crippen LogP contribution in [0.1, 0.15) is 6.92 Å². The van der Waals surface area contributed by atoms with Crippen LogP contribution in [0.2, 0.25) is 0 Å². The van der Waals surface area contributed by atoms with Crippen LogP contribution in [-0.2, 0) is 9.59 Å². The van der Waals surface area contributed by atoms with Gasteiger partial charge in [0.25, 0.3) is 0 Å². The normalized spacial score (nSPS) is 20.9. The van der Waals surface area contributed by atoms with E-state index in [9.17, 15) is 9.59 Å². The summed E-state index contributed by atoms with van der Waals surface area (Å²) >= 11 is 3.29. The Morgan fingerprint density at radius 1 is 1.56 bits per heavy atom. The van der Waals surface area contributed by atoms with E-state index < -0.39 is 6.04 Å². The molecule has 1 fully saturated rings. The molecule has 16 heavy (non-hydrogen) atoms. The van der Waals surface area contributed by atoms with Gasteiger partial charge in [0, 0.05) is 6.20 Å². The molecule has 1 aliphatic rings. The summed E-state index contributed by atoms with van der Waals surface area (Å²) in [5.74, 6) is -0.0962. The second-order valence-corrected chi connectivity index (χ2v) is 4.26. The first-order valence-corrected chi connectivity index (χ1v) is 5.44. The smallest absolute Gasteiger partial charge is 0.249 e. The molecule has 0 spiro atoms. The van der Waals surface area contributed by atoms with Crippen molar-refractivity contribution in [1.29, 1.82) is 0 Å². The minimum absolute atomic E-state index is 0.114. The second-order valence-electron chi connectivity index (χ2n) is 3.41. The summed E-state index contributed by atoms with van der Waals surface area (Å²) in [6, 6.07) is -0.427. The zero-order valence-corrected chi connectivity index (χ0v) is 10.1. The molecule has 1 saturated heterocycles. The number of nitrogens with one attached hydrogen (secondary N) is 1. The number of nitrogens with zero attached hydrogens (tertiary/aromatic N) is 3. The summed E-state index contributed by atoms with van der Waals surface area (Å²) in [6.45, 7) is 1.83. The standard InChI is InChI=1S/C9H9BrN4O2/c1-5-9(16)13-7(15)3-14(5)8-6(10)2-11-4-12-8/h2,4-5H,3H2,1H3,(H,13,15,16). The van der Waals surface area contributed by atoms with Crippen LogP contribution in [0.25, 0.3) is 0 Å². The minimum Gasteiger partial charge on any atom is -0.334 e. The Bertz CT molecular complexity index is 451. The van der Waals surface area contributed by atoms with Gasteiger partial charge in [0.2, 0.25) is 11.8 Å². The van der Waals surface area contributed by atoms with E-state index in [1.54, 1.807) is 18.0 Å². The molecule has 2 heterocycles. The topological polar surface area (TPSA) is 75.2 Å². The van der Waals surface area contributed by atoms with Crippen LogP contribution in [0.4, 0.5) is 5.82 Å². The molecule has 0 aromatic carbocycles. The number of rotatable bonds is 1. The molecular weight excluding hydrogens is 276 g/mol. The molecule has 1 N–H and O–H groups in total. The number of aromatic nitrogens is 2. The van der Waals surface area contributed by atoms with Crippen molar-refractivity contribution in [3.63, 3.8) is 0 Å². The Labute approximate surface area is 100 Å². The van der Waals surface area contributed by atoms with Gasteiger partial charge >= 0.3 is 0 Å². The molecule has 1 unspecified atom stereocenters. The summed E-state index contributed by atoms with van der Waals surface area (Å²) in [7, 11) is 0. The highest BCUT2D eigenvalue weighted by atomic mass is 79.9. The van der Waals surface area contributed by atoms with Crippen molar-refractivity contribution < 1.29 is 9.59 Å². The average molecular weight is 285 g/mol. The molecule has 0 radical (unpaired) electrons. The van der Waals surface area contributed by atoms with Gasteiger partial charge in [-0.15, -0.1) is 0 Å². The summed E-state index contributed by atoms with van der Waals surface area (Å²) in [5, 5.41) is 2.27. The molecule has 2 rings (SSSR count). The minimum atomic E-state index is -0.427. The van der Waals surface area contributed by atoms with E-state index in [0.717, 1.165) is 0 Å². The average Bonchev–Trinajstić information content (AvgIpc) is 2.24. The summed E-state index contributed by atoms with van der Waals surface area (Å²) < 4.78 is 0.657. The van der Waals surface area contributed by atoms with Gasteiger partial charge in [0.15, 0.2) is 0 Å². The number of hydrogen-bond acceptors (Lipinski definition) is 5. The number of imide groups is 1. The first-order chi connectivity index (χ1) is 7.59. The van der Waals surface area contributed by atoms with E-state index in [-0.39, 0.29) is 18.4 Å². The zero-order valence-electron chi connectivity index (χ0n) is 8.48.